The molecule has 0 unspecified atom stereocenters. The number of hydrogen-bond acceptors (Lipinski definition) is 8. The number of carboxylic acid groups (broad SMARTS) is 1. The van der Waals surface area contributed by atoms with Gasteiger partial charge in [-0.05, 0) is 67.7 Å². The lowest BCUT2D eigenvalue weighted by Crippen LogP contribution is -2.44. The summed E-state index contributed by atoms with van der Waals surface area (Å²) in [6.07, 6.45) is -2.10. The zero-order valence-corrected chi connectivity index (χ0v) is 22.0. The minimum atomic E-state index is -5.08. The number of amides is 1. The van der Waals surface area contributed by atoms with E-state index in [4.69, 9.17) is 9.90 Å². The van der Waals surface area contributed by atoms with Gasteiger partial charge in [0.1, 0.15) is 5.82 Å². The quantitative estimate of drug-likeness (QED) is 0.362. The highest BCUT2D eigenvalue weighted by Crippen LogP contribution is 2.25. The van der Waals surface area contributed by atoms with Crippen LogP contribution >= 0.6 is 0 Å². The molecule has 0 bridgehead atoms. The van der Waals surface area contributed by atoms with Crippen molar-refractivity contribution in [2.24, 2.45) is 0 Å². The molecule has 1 aliphatic heterocycles. The Balaban J connectivity index is 0.000000559. The summed E-state index contributed by atoms with van der Waals surface area (Å²) >= 11 is 0. The van der Waals surface area contributed by atoms with Gasteiger partial charge >= 0.3 is 12.1 Å². The summed E-state index contributed by atoms with van der Waals surface area (Å²) in [7, 11) is 4.10. The van der Waals surface area contributed by atoms with Gasteiger partial charge in [-0.25, -0.2) is 9.78 Å². The average molecular weight is 558 g/mol. The van der Waals surface area contributed by atoms with Gasteiger partial charge in [0.25, 0.3) is 0 Å². The topological polar surface area (TPSA) is 114 Å². The van der Waals surface area contributed by atoms with E-state index in [-0.39, 0.29) is 5.91 Å². The Morgan fingerprint density at radius 1 is 1.00 bits per heavy atom. The van der Waals surface area contributed by atoms with E-state index in [1.54, 1.807) is 6.20 Å². The number of hydrogen-bond donors (Lipinski definition) is 3. The third-order valence-corrected chi connectivity index (χ3v) is 5.93. The van der Waals surface area contributed by atoms with Crippen LogP contribution in [0.25, 0.3) is 0 Å². The minimum absolute atomic E-state index is 0.237. The molecule has 1 amide bonds. The van der Waals surface area contributed by atoms with Crippen molar-refractivity contribution in [1.29, 1.82) is 0 Å². The number of halogens is 3. The number of alkyl halides is 3. The summed E-state index contributed by atoms with van der Waals surface area (Å²) in [6, 6.07) is 17.8. The van der Waals surface area contributed by atoms with Gasteiger partial charge in [0.15, 0.2) is 0 Å². The molecule has 0 aliphatic carbocycles. The largest absolute Gasteiger partial charge is 0.490 e. The maximum atomic E-state index is 11.5. The van der Waals surface area contributed by atoms with Crippen LogP contribution in [0.2, 0.25) is 0 Å². The molecular weight excluding hydrogens is 527 g/mol. The summed E-state index contributed by atoms with van der Waals surface area (Å²) in [4.78, 5) is 36.1. The second kappa shape index (κ2) is 13.4. The maximum absolute atomic E-state index is 11.5. The molecule has 13 heteroatoms. The summed E-state index contributed by atoms with van der Waals surface area (Å²) < 4.78 is 31.7. The van der Waals surface area contributed by atoms with E-state index < -0.39 is 12.1 Å². The van der Waals surface area contributed by atoms with Crippen molar-refractivity contribution in [3.05, 3.63) is 73.4 Å². The average Bonchev–Trinajstić information content (AvgIpc) is 2.94. The first kappa shape index (κ1) is 29.9. The predicted octanol–water partition coefficient (Wildman–Crippen LogP) is 4.50. The highest BCUT2D eigenvalue weighted by atomic mass is 19.4. The number of aromatic nitrogens is 2. The van der Waals surface area contributed by atoms with Crippen molar-refractivity contribution >= 4 is 46.4 Å². The van der Waals surface area contributed by atoms with Crippen molar-refractivity contribution in [3.8, 4) is 0 Å². The normalized spacial score (nSPS) is 13.5. The number of carbonyl (C=O) groups excluding carboxylic acids is 1. The standard InChI is InChI=1S/C25H29N7O.C2HF3O2/c1-4-24(33)27-19-5-9-21(10-6-19)31(3)23-13-14-26-25(29-23)28-20-7-11-22(12-8-20)32-17-15-30(2)16-18-32;3-2(4,5)1(6)7/h4-14H,1,15-18H2,2-3H3,(H,27,33)(H,26,28,29);(H,6,7). The van der Waals surface area contributed by atoms with E-state index in [0.29, 0.717) is 11.6 Å². The van der Waals surface area contributed by atoms with Gasteiger partial charge in [-0.1, -0.05) is 6.58 Å². The van der Waals surface area contributed by atoms with Crippen LogP contribution in [0.1, 0.15) is 0 Å². The number of benzene rings is 2. The Morgan fingerprint density at radius 3 is 2.12 bits per heavy atom. The number of carboxylic acids is 1. The molecule has 3 aromatic rings. The molecule has 0 atom stereocenters. The first-order valence-electron chi connectivity index (χ1n) is 12.2. The number of piperazine rings is 1. The van der Waals surface area contributed by atoms with Crippen molar-refractivity contribution < 1.29 is 27.9 Å². The van der Waals surface area contributed by atoms with Crippen LogP contribution in [0.5, 0.6) is 0 Å². The Morgan fingerprint density at radius 2 is 1.57 bits per heavy atom. The molecule has 2 aromatic carbocycles. The van der Waals surface area contributed by atoms with E-state index in [1.165, 1.54) is 11.8 Å². The molecule has 3 N–H and O–H groups in total. The molecule has 40 heavy (non-hydrogen) atoms. The number of likely N-dealkylation sites (N-methyl/N-ethyl adjacent to an activating group) is 1. The fourth-order valence-electron chi connectivity index (χ4n) is 3.64. The van der Waals surface area contributed by atoms with E-state index in [9.17, 15) is 18.0 Å². The van der Waals surface area contributed by atoms with Gasteiger partial charge in [0.05, 0.1) is 0 Å². The first-order valence-corrected chi connectivity index (χ1v) is 12.2. The van der Waals surface area contributed by atoms with Gasteiger partial charge in [-0.15, -0.1) is 0 Å². The fraction of sp³-hybridized carbons (Fsp3) is 0.259. The Hall–Kier alpha value is -4.65. The number of aliphatic carboxylic acids is 1. The van der Waals surface area contributed by atoms with Gasteiger partial charge in [0.2, 0.25) is 11.9 Å². The monoisotopic (exact) mass is 557 g/mol. The van der Waals surface area contributed by atoms with E-state index in [2.05, 4.69) is 68.3 Å². The Bertz CT molecular complexity index is 1290. The second-order valence-corrected chi connectivity index (χ2v) is 8.80. The third kappa shape index (κ3) is 8.70. The van der Waals surface area contributed by atoms with Crippen molar-refractivity contribution in [3.63, 3.8) is 0 Å². The summed E-state index contributed by atoms with van der Waals surface area (Å²) in [5, 5.41) is 13.2. The summed E-state index contributed by atoms with van der Waals surface area (Å²) in [6.45, 7) is 7.72. The van der Waals surface area contributed by atoms with Crippen molar-refractivity contribution in [2.75, 3.05) is 60.7 Å². The number of carbonyl (C=O) groups is 2. The number of rotatable bonds is 7. The number of nitrogens with one attached hydrogen (secondary N) is 2. The molecule has 1 aromatic heterocycles. The van der Waals surface area contributed by atoms with Crippen molar-refractivity contribution in [1.82, 2.24) is 14.9 Å². The zero-order chi connectivity index (χ0) is 29.3. The lowest BCUT2D eigenvalue weighted by molar-refractivity contribution is -0.192. The van der Waals surface area contributed by atoms with E-state index in [0.717, 1.165) is 43.4 Å². The minimum Gasteiger partial charge on any atom is -0.475 e. The zero-order valence-electron chi connectivity index (χ0n) is 22.0. The van der Waals surface area contributed by atoms with Crippen LogP contribution < -0.4 is 20.4 Å². The molecular formula is C27H30F3N7O3. The van der Waals surface area contributed by atoms with Crippen LogP contribution in [-0.2, 0) is 9.59 Å². The maximum Gasteiger partial charge on any atom is 0.490 e. The number of anilines is 6. The Labute approximate surface area is 229 Å². The second-order valence-electron chi connectivity index (χ2n) is 8.80. The molecule has 4 rings (SSSR count). The molecule has 0 saturated carbocycles. The molecule has 1 aliphatic rings. The molecule has 2 heterocycles. The summed E-state index contributed by atoms with van der Waals surface area (Å²) in [5.74, 6) is -1.71. The SMILES string of the molecule is C=CC(=O)Nc1ccc(N(C)c2ccnc(Nc3ccc(N4CCN(C)CC4)cc3)n2)cc1.O=C(O)C(F)(F)F. The molecule has 10 nitrogen and oxygen atoms in total. The summed E-state index contributed by atoms with van der Waals surface area (Å²) in [5.41, 5.74) is 3.82. The van der Waals surface area contributed by atoms with Gasteiger partial charge in [-0.3, -0.25) is 4.79 Å². The van der Waals surface area contributed by atoms with Crippen LogP contribution in [-0.4, -0.2) is 78.3 Å². The third-order valence-electron chi connectivity index (χ3n) is 5.93. The van der Waals surface area contributed by atoms with Crippen LogP contribution in [0, 0.1) is 0 Å². The van der Waals surface area contributed by atoms with Crippen LogP contribution in [0.4, 0.5) is 47.7 Å². The van der Waals surface area contributed by atoms with Gasteiger partial charge in [0, 0.05) is 62.2 Å². The van der Waals surface area contributed by atoms with Crippen LogP contribution in [0.15, 0.2) is 73.4 Å². The molecule has 0 spiro atoms. The highest BCUT2D eigenvalue weighted by molar-refractivity contribution is 5.98. The molecule has 1 fully saturated rings. The van der Waals surface area contributed by atoms with Gasteiger partial charge < -0.3 is 30.4 Å². The molecule has 212 valence electrons. The van der Waals surface area contributed by atoms with Crippen LogP contribution in [0.3, 0.4) is 0 Å². The smallest absolute Gasteiger partial charge is 0.475 e. The fourth-order valence-corrected chi connectivity index (χ4v) is 3.64. The molecule has 0 radical (unpaired) electrons. The Kier molecular flexibility index (Phi) is 10.0. The first-order chi connectivity index (χ1) is 19.0. The van der Waals surface area contributed by atoms with E-state index in [1.807, 2.05) is 42.3 Å². The number of nitrogens with zero attached hydrogens (tertiary/aromatic N) is 5. The lowest BCUT2D eigenvalue weighted by atomic mass is 10.2. The van der Waals surface area contributed by atoms with E-state index >= 15 is 0 Å². The lowest BCUT2D eigenvalue weighted by Gasteiger charge is -2.34. The highest BCUT2D eigenvalue weighted by Gasteiger charge is 2.38. The van der Waals surface area contributed by atoms with Crippen molar-refractivity contribution in [2.45, 2.75) is 6.18 Å². The molecule has 1 saturated heterocycles. The predicted molar refractivity (Wildman–Crippen MR) is 148 cm³/mol. The van der Waals surface area contributed by atoms with Gasteiger partial charge in [-0.2, -0.15) is 18.2 Å².